The van der Waals surface area contributed by atoms with Gasteiger partial charge in [0.15, 0.2) is 0 Å². The maximum atomic E-state index is 8.89. The molecule has 0 spiro atoms. The third kappa shape index (κ3) is 2.74. The largest absolute Gasteiger partial charge is 0.490 e. The van der Waals surface area contributed by atoms with Crippen LogP contribution in [0.5, 0.6) is 5.75 Å². The molecule has 1 aromatic rings. The van der Waals surface area contributed by atoms with Gasteiger partial charge in [0.25, 0.3) is 0 Å². The first-order valence-corrected chi connectivity index (χ1v) is 7.67. The molecule has 5 heteroatoms. The number of benzene rings is 1. The number of fused-ring (bicyclic) bond motifs is 2. The maximum Gasteiger partial charge on any atom is 0.121 e. The van der Waals surface area contributed by atoms with Crippen molar-refractivity contribution in [3.8, 4) is 11.8 Å². The van der Waals surface area contributed by atoms with E-state index in [1.807, 2.05) is 6.07 Å². The van der Waals surface area contributed by atoms with E-state index in [4.69, 9.17) is 33.2 Å². The third-order valence-corrected chi connectivity index (χ3v) is 5.03. The minimum absolute atomic E-state index is 0.208. The number of ether oxygens (including phenoxy) is 1. The van der Waals surface area contributed by atoms with Gasteiger partial charge in [-0.3, -0.25) is 4.90 Å². The lowest BCUT2D eigenvalue weighted by Gasteiger charge is -2.37. The summed E-state index contributed by atoms with van der Waals surface area (Å²) >= 11 is 11.9. The first kappa shape index (κ1) is 14.0. The van der Waals surface area contributed by atoms with Gasteiger partial charge in [-0.15, -0.1) is 0 Å². The fourth-order valence-electron chi connectivity index (χ4n) is 3.40. The Labute approximate surface area is 129 Å². The Morgan fingerprint density at radius 3 is 2.50 bits per heavy atom. The first-order chi connectivity index (χ1) is 9.67. The van der Waals surface area contributed by atoms with E-state index >= 15 is 0 Å². The molecule has 3 atom stereocenters. The summed E-state index contributed by atoms with van der Waals surface area (Å²) in [5.74, 6) is 0.775. The number of nitriles is 1. The molecule has 0 aromatic heterocycles. The van der Waals surface area contributed by atoms with Gasteiger partial charge in [0.05, 0.1) is 22.7 Å². The molecule has 0 amide bonds. The third-order valence-electron chi connectivity index (χ3n) is 4.29. The van der Waals surface area contributed by atoms with Gasteiger partial charge in [-0.25, -0.2) is 0 Å². The monoisotopic (exact) mass is 310 g/mol. The zero-order valence-electron chi connectivity index (χ0n) is 11.1. The maximum absolute atomic E-state index is 8.89. The molecule has 3 nitrogen and oxygen atoms in total. The highest BCUT2D eigenvalue weighted by Crippen LogP contribution is 2.37. The van der Waals surface area contributed by atoms with Crippen LogP contribution in [0.4, 0.5) is 0 Å². The summed E-state index contributed by atoms with van der Waals surface area (Å²) in [7, 11) is 0. The average Bonchev–Trinajstić information content (AvgIpc) is 2.67. The minimum atomic E-state index is 0.208. The summed E-state index contributed by atoms with van der Waals surface area (Å²) in [6.45, 7) is 0.537. The second kappa shape index (κ2) is 5.81. The molecule has 0 saturated carbocycles. The normalized spacial score (nSPS) is 29.1. The van der Waals surface area contributed by atoms with Crippen molar-refractivity contribution in [3.63, 3.8) is 0 Å². The van der Waals surface area contributed by atoms with Crippen molar-refractivity contribution in [3.05, 3.63) is 28.2 Å². The molecule has 106 valence electrons. The van der Waals surface area contributed by atoms with Crippen LogP contribution in [0, 0.1) is 11.3 Å². The highest BCUT2D eigenvalue weighted by molar-refractivity contribution is 6.42. The minimum Gasteiger partial charge on any atom is -0.490 e. The van der Waals surface area contributed by atoms with Crippen LogP contribution in [0.15, 0.2) is 18.2 Å². The molecule has 2 aliphatic heterocycles. The van der Waals surface area contributed by atoms with Crippen LogP contribution < -0.4 is 4.74 Å². The highest BCUT2D eigenvalue weighted by atomic mass is 35.5. The lowest BCUT2D eigenvalue weighted by atomic mass is 10.00. The molecular weight excluding hydrogens is 295 g/mol. The summed E-state index contributed by atoms with van der Waals surface area (Å²) in [5.41, 5.74) is 0. The number of rotatable bonds is 3. The van der Waals surface area contributed by atoms with Crippen LogP contribution in [0.1, 0.15) is 25.7 Å². The van der Waals surface area contributed by atoms with Gasteiger partial charge in [0, 0.05) is 18.2 Å². The van der Waals surface area contributed by atoms with E-state index in [9.17, 15) is 0 Å². The van der Waals surface area contributed by atoms with E-state index < -0.39 is 0 Å². The molecule has 20 heavy (non-hydrogen) atoms. The second-order valence-electron chi connectivity index (χ2n) is 5.50. The molecule has 0 N–H and O–H groups in total. The summed E-state index contributed by atoms with van der Waals surface area (Å²) in [6, 6.07) is 8.64. The van der Waals surface area contributed by atoms with E-state index in [0.717, 1.165) is 18.6 Å². The Bertz CT molecular complexity index is 529. The number of halogens is 2. The lowest BCUT2D eigenvalue weighted by molar-refractivity contribution is 0.0579. The van der Waals surface area contributed by atoms with Crippen molar-refractivity contribution in [2.75, 3.05) is 6.54 Å². The molecule has 2 fully saturated rings. The molecule has 1 aromatic carbocycles. The Morgan fingerprint density at radius 2 is 1.90 bits per heavy atom. The zero-order valence-corrected chi connectivity index (χ0v) is 12.6. The van der Waals surface area contributed by atoms with Gasteiger partial charge in [0.1, 0.15) is 11.9 Å². The molecule has 0 radical (unpaired) electrons. The Morgan fingerprint density at radius 1 is 1.20 bits per heavy atom. The van der Waals surface area contributed by atoms with Crippen LogP contribution in [0.2, 0.25) is 10.0 Å². The van der Waals surface area contributed by atoms with Crippen LogP contribution in [0.25, 0.3) is 0 Å². The molecule has 0 aliphatic carbocycles. The van der Waals surface area contributed by atoms with Crippen LogP contribution >= 0.6 is 23.2 Å². The fraction of sp³-hybridized carbons (Fsp3) is 0.533. The molecule has 2 aliphatic rings. The summed E-state index contributed by atoms with van der Waals surface area (Å²) < 4.78 is 6.05. The van der Waals surface area contributed by atoms with E-state index in [0.29, 0.717) is 28.7 Å². The van der Waals surface area contributed by atoms with Gasteiger partial charge in [0.2, 0.25) is 0 Å². The Balaban J connectivity index is 1.66. The molecule has 3 rings (SSSR count). The standard InChI is InChI=1S/C15H16Cl2N2O/c16-14-4-3-12(9-15(14)17)20-13-7-10-1-2-11(8-13)19(10)6-5-18/h3-4,9-11,13H,1-2,6-8H2/t10-,11+,13-. The first-order valence-electron chi connectivity index (χ1n) is 6.92. The van der Waals surface area contributed by atoms with Crippen LogP contribution in [-0.2, 0) is 0 Å². The second-order valence-corrected chi connectivity index (χ2v) is 6.32. The highest BCUT2D eigenvalue weighted by Gasteiger charge is 2.41. The predicted molar refractivity (Wildman–Crippen MR) is 79.2 cm³/mol. The molecule has 2 saturated heterocycles. The van der Waals surface area contributed by atoms with Crippen molar-refractivity contribution in [2.45, 2.75) is 43.9 Å². The number of nitrogens with zero attached hydrogens (tertiary/aromatic N) is 2. The van der Waals surface area contributed by atoms with Gasteiger partial charge < -0.3 is 4.74 Å². The van der Waals surface area contributed by atoms with E-state index in [-0.39, 0.29) is 6.10 Å². The number of hydrogen-bond acceptors (Lipinski definition) is 3. The summed E-state index contributed by atoms with van der Waals surface area (Å²) in [6.07, 6.45) is 4.53. The number of piperidine rings is 1. The molecule has 2 bridgehead atoms. The Kier molecular flexibility index (Phi) is 4.07. The summed E-state index contributed by atoms with van der Waals surface area (Å²) in [4.78, 5) is 2.33. The van der Waals surface area contributed by atoms with Crippen molar-refractivity contribution in [1.82, 2.24) is 4.90 Å². The van der Waals surface area contributed by atoms with Gasteiger partial charge >= 0.3 is 0 Å². The van der Waals surface area contributed by atoms with Crippen molar-refractivity contribution in [2.24, 2.45) is 0 Å². The predicted octanol–water partition coefficient (Wildman–Crippen LogP) is 3.89. The smallest absolute Gasteiger partial charge is 0.121 e. The lowest BCUT2D eigenvalue weighted by Crippen LogP contribution is -2.46. The van der Waals surface area contributed by atoms with E-state index in [1.165, 1.54) is 12.8 Å². The van der Waals surface area contributed by atoms with Crippen molar-refractivity contribution in [1.29, 1.82) is 5.26 Å². The summed E-state index contributed by atoms with van der Waals surface area (Å²) in [5, 5.41) is 9.96. The number of hydrogen-bond donors (Lipinski definition) is 0. The molecule has 0 unspecified atom stereocenters. The van der Waals surface area contributed by atoms with Gasteiger partial charge in [-0.2, -0.15) is 5.26 Å². The average molecular weight is 311 g/mol. The molecular formula is C15H16Cl2N2O. The van der Waals surface area contributed by atoms with E-state index in [2.05, 4.69) is 11.0 Å². The van der Waals surface area contributed by atoms with Crippen LogP contribution in [-0.4, -0.2) is 29.6 Å². The molecule has 2 heterocycles. The van der Waals surface area contributed by atoms with Crippen molar-refractivity contribution >= 4 is 23.2 Å². The fourth-order valence-corrected chi connectivity index (χ4v) is 3.69. The van der Waals surface area contributed by atoms with Gasteiger partial charge in [-0.05, 0) is 37.8 Å². The SMILES string of the molecule is N#CCN1[C@@H]2CC[C@H]1C[C@H](Oc1ccc(Cl)c(Cl)c1)C2. The zero-order chi connectivity index (χ0) is 14.1. The topological polar surface area (TPSA) is 36.3 Å². The van der Waals surface area contributed by atoms with E-state index in [1.54, 1.807) is 12.1 Å². The van der Waals surface area contributed by atoms with Crippen molar-refractivity contribution < 1.29 is 4.74 Å². The van der Waals surface area contributed by atoms with Crippen LogP contribution in [0.3, 0.4) is 0 Å². The van der Waals surface area contributed by atoms with Gasteiger partial charge in [-0.1, -0.05) is 23.2 Å². The Hall–Kier alpha value is -0.950. The quantitative estimate of drug-likeness (QED) is 0.795.